The predicted octanol–water partition coefficient (Wildman–Crippen LogP) is 1.79. The topological polar surface area (TPSA) is 84.8 Å². The van der Waals surface area contributed by atoms with E-state index < -0.39 is 0 Å². The first-order valence-corrected chi connectivity index (χ1v) is 8.78. The first kappa shape index (κ1) is 16.9. The lowest BCUT2D eigenvalue weighted by atomic mass is 10.00. The minimum absolute atomic E-state index is 0.145. The van der Waals surface area contributed by atoms with Crippen LogP contribution in [0.5, 0.6) is 0 Å². The van der Waals surface area contributed by atoms with Gasteiger partial charge >= 0.3 is 0 Å². The van der Waals surface area contributed by atoms with E-state index >= 15 is 0 Å². The van der Waals surface area contributed by atoms with Crippen molar-refractivity contribution in [2.45, 2.75) is 26.5 Å². The number of tetrazole rings is 1. The van der Waals surface area contributed by atoms with E-state index in [1.807, 2.05) is 6.20 Å². The summed E-state index contributed by atoms with van der Waals surface area (Å²) in [4.78, 5) is 3.82. The van der Waals surface area contributed by atoms with Gasteiger partial charge in [0.05, 0.1) is 25.5 Å². The number of H-pyrrole nitrogens is 1. The summed E-state index contributed by atoms with van der Waals surface area (Å²) >= 11 is 0. The zero-order chi connectivity index (χ0) is 18.1. The molecule has 3 aromatic rings. The van der Waals surface area contributed by atoms with Gasteiger partial charge in [0, 0.05) is 30.8 Å². The van der Waals surface area contributed by atoms with Crippen LogP contribution in [0.4, 0.5) is 0 Å². The Morgan fingerprint density at radius 3 is 3.00 bits per heavy atom. The van der Waals surface area contributed by atoms with E-state index in [0.29, 0.717) is 12.4 Å². The lowest BCUT2D eigenvalue weighted by molar-refractivity contribution is -0.0372. The van der Waals surface area contributed by atoms with Crippen LogP contribution < -0.4 is 0 Å². The van der Waals surface area contributed by atoms with E-state index in [2.05, 4.69) is 62.6 Å². The summed E-state index contributed by atoms with van der Waals surface area (Å²) in [6.07, 6.45) is 1.77. The largest absolute Gasteiger partial charge is 0.367 e. The number of nitrogens with one attached hydrogen (secondary N) is 1. The lowest BCUT2D eigenvalue weighted by Gasteiger charge is -2.31. The van der Waals surface area contributed by atoms with Crippen molar-refractivity contribution in [2.24, 2.45) is 7.05 Å². The van der Waals surface area contributed by atoms with E-state index in [1.54, 1.807) is 7.05 Å². The molecule has 136 valence electrons. The van der Waals surface area contributed by atoms with E-state index in [-0.39, 0.29) is 6.10 Å². The third-order valence-electron chi connectivity index (χ3n) is 4.74. The maximum absolute atomic E-state index is 5.83. The van der Waals surface area contributed by atoms with Gasteiger partial charge in [-0.15, -0.1) is 10.2 Å². The van der Waals surface area contributed by atoms with Crippen molar-refractivity contribution in [1.82, 2.24) is 35.3 Å². The summed E-state index contributed by atoms with van der Waals surface area (Å²) in [6, 6.07) is 6.49. The monoisotopic (exact) mass is 353 g/mol. The number of rotatable bonds is 4. The number of aromatic amines is 1. The smallest absolute Gasteiger partial charge is 0.204 e. The first-order chi connectivity index (χ1) is 12.6. The Hall–Kier alpha value is -2.58. The number of aryl methyl sites for hydroxylation is 3. The Kier molecular flexibility index (Phi) is 4.52. The molecule has 8 nitrogen and oxygen atoms in total. The van der Waals surface area contributed by atoms with Gasteiger partial charge < -0.3 is 4.74 Å². The number of aromatic nitrogens is 6. The molecule has 1 aromatic carbocycles. The van der Waals surface area contributed by atoms with Crippen LogP contribution in [0.3, 0.4) is 0 Å². The molecule has 0 saturated carbocycles. The standard InChI is InChI=1S/C18H23N7O/c1-12-4-5-13(2)15(8-12)17-14(9-19-20-17)10-25-6-7-26-16(11-25)18-21-23-24(3)22-18/h4-5,8-9,16H,6-7,10-11H2,1-3H3,(H,19,20). The summed E-state index contributed by atoms with van der Waals surface area (Å²) < 4.78 is 5.83. The summed E-state index contributed by atoms with van der Waals surface area (Å²) in [5, 5.41) is 19.7. The minimum Gasteiger partial charge on any atom is -0.367 e. The number of nitrogens with zero attached hydrogens (tertiary/aromatic N) is 6. The molecule has 0 spiro atoms. The summed E-state index contributed by atoms with van der Waals surface area (Å²) in [6.45, 7) is 7.31. The van der Waals surface area contributed by atoms with Crippen molar-refractivity contribution in [3.05, 3.63) is 46.9 Å². The van der Waals surface area contributed by atoms with Gasteiger partial charge in [0.25, 0.3) is 0 Å². The highest BCUT2D eigenvalue weighted by Gasteiger charge is 2.26. The van der Waals surface area contributed by atoms with Crippen LogP contribution in [0.2, 0.25) is 0 Å². The van der Waals surface area contributed by atoms with Gasteiger partial charge in [0.2, 0.25) is 5.82 Å². The predicted molar refractivity (Wildman–Crippen MR) is 96.3 cm³/mol. The Balaban J connectivity index is 1.53. The summed E-state index contributed by atoms with van der Waals surface area (Å²) in [7, 11) is 1.76. The van der Waals surface area contributed by atoms with Crippen molar-refractivity contribution in [2.75, 3.05) is 19.7 Å². The van der Waals surface area contributed by atoms with E-state index in [1.165, 1.54) is 27.1 Å². The molecule has 0 bridgehead atoms. The lowest BCUT2D eigenvalue weighted by Crippen LogP contribution is -2.38. The quantitative estimate of drug-likeness (QED) is 0.770. The summed E-state index contributed by atoms with van der Waals surface area (Å²) in [5.41, 5.74) is 5.97. The van der Waals surface area contributed by atoms with Crippen LogP contribution in [-0.4, -0.2) is 55.0 Å². The highest BCUT2D eigenvalue weighted by Crippen LogP contribution is 2.28. The molecule has 1 fully saturated rings. The maximum atomic E-state index is 5.83. The molecular weight excluding hydrogens is 330 g/mol. The fraction of sp³-hybridized carbons (Fsp3) is 0.444. The third kappa shape index (κ3) is 3.38. The van der Waals surface area contributed by atoms with Gasteiger partial charge in [-0.2, -0.15) is 9.90 Å². The second-order valence-corrected chi connectivity index (χ2v) is 6.82. The highest BCUT2D eigenvalue weighted by atomic mass is 16.5. The third-order valence-corrected chi connectivity index (χ3v) is 4.74. The van der Waals surface area contributed by atoms with Gasteiger partial charge in [0.1, 0.15) is 6.10 Å². The molecule has 1 saturated heterocycles. The molecule has 0 radical (unpaired) electrons. The van der Waals surface area contributed by atoms with Crippen molar-refractivity contribution in [1.29, 1.82) is 0 Å². The molecule has 2 aromatic heterocycles. The van der Waals surface area contributed by atoms with Crippen molar-refractivity contribution < 1.29 is 4.74 Å². The van der Waals surface area contributed by atoms with Crippen LogP contribution in [0.25, 0.3) is 11.3 Å². The van der Waals surface area contributed by atoms with E-state index in [4.69, 9.17) is 4.74 Å². The molecule has 4 rings (SSSR count). The molecule has 1 unspecified atom stereocenters. The maximum Gasteiger partial charge on any atom is 0.204 e. The zero-order valence-corrected chi connectivity index (χ0v) is 15.3. The molecule has 1 atom stereocenters. The molecule has 1 aliphatic heterocycles. The highest BCUT2D eigenvalue weighted by molar-refractivity contribution is 5.67. The molecule has 1 aliphatic rings. The average molecular weight is 353 g/mol. The Morgan fingerprint density at radius 2 is 2.19 bits per heavy atom. The molecular formula is C18H23N7O. The molecule has 0 aliphatic carbocycles. The Morgan fingerprint density at radius 1 is 1.31 bits per heavy atom. The Bertz CT molecular complexity index is 901. The molecule has 1 N–H and O–H groups in total. The van der Waals surface area contributed by atoms with Gasteiger partial charge in [0.15, 0.2) is 0 Å². The molecule has 0 amide bonds. The fourth-order valence-electron chi connectivity index (χ4n) is 3.34. The molecule has 26 heavy (non-hydrogen) atoms. The van der Waals surface area contributed by atoms with Gasteiger partial charge in [-0.3, -0.25) is 10.00 Å². The number of morpholine rings is 1. The van der Waals surface area contributed by atoms with Crippen LogP contribution in [0, 0.1) is 13.8 Å². The van der Waals surface area contributed by atoms with Crippen LogP contribution in [-0.2, 0) is 18.3 Å². The Labute approximate surface area is 152 Å². The minimum atomic E-state index is -0.145. The number of benzene rings is 1. The van der Waals surface area contributed by atoms with Gasteiger partial charge in [-0.05, 0) is 30.7 Å². The van der Waals surface area contributed by atoms with Crippen LogP contribution >= 0.6 is 0 Å². The van der Waals surface area contributed by atoms with Crippen molar-refractivity contribution in [3.8, 4) is 11.3 Å². The van der Waals surface area contributed by atoms with Gasteiger partial charge in [-0.25, -0.2) is 0 Å². The van der Waals surface area contributed by atoms with Crippen molar-refractivity contribution >= 4 is 0 Å². The van der Waals surface area contributed by atoms with Crippen molar-refractivity contribution in [3.63, 3.8) is 0 Å². The number of ether oxygens (including phenoxy) is 1. The second kappa shape index (κ2) is 6.97. The zero-order valence-electron chi connectivity index (χ0n) is 15.3. The molecule has 8 heteroatoms. The normalized spacial score (nSPS) is 18.3. The van der Waals surface area contributed by atoms with Gasteiger partial charge in [-0.1, -0.05) is 17.7 Å². The SMILES string of the molecule is Cc1ccc(C)c(-c2[nH]ncc2CN2CCOC(c3nnn(C)n3)C2)c1. The molecule has 3 heterocycles. The van der Waals surface area contributed by atoms with E-state index in [9.17, 15) is 0 Å². The number of hydrogen-bond acceptors (Lipinski definition) is 6. The number of hydrogen-bond donors (Lipinski definition) is 1. The van der Waals surface area contributed by atoms with E-state index in [0.717, 1.165) is 25.3 Å². The first-order valence-electron chi connectivity index (χ1n) is 8.78. The van der Waals surface area contributed by atoms with Crippen LogP contribution in [0.15, 0.2) is 24.4 Å². The summed E-state index contributed by atoms with van der Waals surface area (Å²) in [5.74, 6) is 0.638. The fourth-order valence-corrected chi connectivity index (χ4v) is 3.34. The average Bonchev–Trinajstić information content (AvgIpc) is 3.26. The second-order valence-electron chi connectivity index (χ2n) is 6.82. The van der Waals surface area contributed by atoms with Crippen LogP contribution in [0.1, 0.15) is 28.6 Å².